The third-order valence-corrected chi connectivity index (χ3v) is 6.51. The lowest BCUT2D eigenvalue weighted by Gasteiger charge is -2.58. The molecule has 0 aromatic carbocycles. The Hall–Kier alpha value is -0.930. The average molecular weight is 402 g/mol. The molecule has 2 saturated heterocycles. The van der Waals surface area contributed by atoms with Crippen LogP contribution in [0.3, 0.4) is 0 Å². The molecule has 1 N–H and O–H groups in total. The molecule has 1 spiro atoms. The van der Waals surface area contributed by atoms with Crippen LogP contribution in [0.4, 0.5) is 4.79 Å². The van der Waals surface area contributed by atoms with E-state index in [9.17, 15) is 9.90 Å². The van der Waals surface area contributed by atoms with Crippen LogP contribution in [-0.4, -0.2) is 78.4 Å². The number of amides is 1. The van der Waals surface area contributed by atoms with Crippen molar-refractivity contribution in [3.8, 4) is 0 Å². The van der Waals surface area contributed by atoms with E-state index >= 15 is 0 Å². The van der Waals surface area contributed by atoms with Gasteiger partial charge in [-0.25, -0.2) is 4.79 Å². The van der Waals surface area contributed by atoms with Crippen LogP contribution >= 0.6 is 0 Å². The van der Waals surface area contributed by atoms with E-state index in [1.165, 1.54) is 0 Å². The minimum absolute atomic E-state index is 0.00635. The van der Waals surface area contributed by atoms with Gasteiger partial charge in [-0.2, -0.15) is 0 Å². The average Bonchev–Trinajstić information content (AvgIpc) is 3.39. The summed E-state index contributed by atoms with van der Waals surface area (Å²) in [6.45, 7) is 9.49. The van der Waals surface area contributed by atoms with Gasteiger partial charge in [0.05, 0.1) is 18.2 Å². The van der Waals surface area contributed by atoms with Crippen molar-refractivity contribution in [3.63, 3.8) is 0 Å². The summed E-state index contributed by atoms with van der Waals surface area (Å²) in [6, 6.07) is 0. The molecule has 2 heterocycles. The molecule has 3 fully saturated rings. The molecule has 0 radical (unpaired) electrons. The fourth-order valence-electron chi connectivity index (χ4n) is 4.64. The Morgan fingerprint density at radius 1 is 1.14 bits per heavy atom. The maximum atomic E-state index is 13.0. The summed E-state index contributed by atoms with van der Waals surface area (Å²) in [4.78, 5) is 14.8. The minimum Gasteiger partial charge on any atom is -0.444 e. The highest BCUT2D eigenvalue weighted by Crippen LogP contribution is 2.57. The third kappa shape index (κ3) is 3.43. The Labute approximate surface area is 167 Å². The SMILES string of the molecule is COC1(C)OC2CN(C(=O)OC(C)(C)C)C3(CC3)C(CCO)C2OC1(C)OC. The van der Waals surface area contributed by atoms with Gasteiger partial charge in [-0.3, -0.25) is 4.90 Å². The molecule has 28 heavy (non-hydrogen) atoms. The minimum atomic E-state index is -1.14. The normalized spacial score (nSPS) is 39.6. The quantitative estimate of drug-likeness (QED) is 0.773. The maximum absolute atomic E-state index is 13.0. The highest BCUT2D eigenvalue weighted by Gasteiger charge is 2.68. The molecule has 8 heteroatoms. The van der Waals surface area contributed by atoms with Gasteiger partial charge in [-0.05, 0) is 53.9 Å². The first-order valence-electron chi connectivity index (χ1n) is 10.0. The fraction of sp³-hybridized carbons (Fsp3) is 0.950. The molecular weight excluding hydrogens is 366 g/mol. The molecule has 3 aliphatic rings. The predicted octanol–water partition coefficient (Wildman–Crippen LogP) is 2.28. The van der Waals surface area contributed by atoms with Gasteiger partial charge in [0.25, 0.3) is 0 Å². The van der Waals surface area contributed by atoms with E-state index in [0.29, 0.717) is 13.0 Å². The number of rotatable bonds is 4. The maximum Gasteiger partial charge on any atom is 0.410 e. The first-order chi connectivity index (χ1) is 13.0. The summed E-state index contributed by atoms with van der Waals surface area (Å²) < 4.78 is 29.7. The van der Waals surface area contributed by atoms with Gasteiger partial charge < -0.3 is 28.8 Å². The van der Waals surface area contributed by atoms with E-state index in [2.05, 4.69) is 0 Å². The van der Waals surface area contributed by atoms with E-state index in [4.69, 9.17) is 23.7 Å². The van der Waals surface area contributed by atoms with Crippen molar-refractivity contribution < 1.29 is 33.6 Å². The van der Waals surface area contributed by atoms with Crippen LogP contribution in [-0.2, 0) is 23.7 Å². The van der Waals surface area contributed by atoms with Crippen LogP contribution in [0.15, 0.2) is 0 Å². The monoisotopic (exact) mass is 401 g/mol. The van der Waals surface area contributed by atoms with Crippen molar-refractivity contribution in [2.75, 3.05) is 27.4 Å². The van der Waals surface area contributed by atoms with Gasteiger partial charge in [0.15, 0.2) is 0 Å². The summed E-state index contributed by atoms with van der Waals surface area (Å²) in [5.74, 6) is -2.33. The summed E-state index contributed by atoms with van der Waals surface area (Å²) in [6.07, 6.45) is 1.13. The zero-order valence-corrected chi connectivity index (χ0v) is 18.1. The summed E-state index contributed by atoms with van der Waals surface area (Å²) >= 11 is 0. The van der Waals surface area contributed by atoms with E-state index < -0.39 is 23.3 Å². The molecule has 2 aliphatic heterocycles. The summed E-state index contributed by atoms with van der Waals surface area (Å²) in [5, 5.41) is 9.73. The molecule has 5 atom stereocenters. The van der Waals surface area contributed by atoms with Crippen molar-refractivity contribution in [1.29, 1.82) is 0 Å². The molecule has 3 rings (SSSR count). The fourth-order valence-corrected chi connectivity index (χ4v) is 4.64. The van der Waals surface area contributed by atoms with Gasteiger partial charge in [0.1, 0.15) is 11.7 Å². The van der Waals surface area contributed by atoms with Crippen LogP contribution < -0.4 is 0 Å². The number of aliphatic hydroxyl groups is 1. The second-order valence-electron chi connectivity index (χ2n) is 9.35. The number of hydrogen-bond acceptors (Lipinski definition) is 7. The highest BCUT2D eigenvalue weighted by atomic mass is 16.8. The zero-order valence-electron chi connectivity index (χ0n) is 18.1. The number of carbonyl (C=O) groups is 1. The topological polar surface area (TPSA) is 86.7 Å². The Kier molecular flexibility index (Phi) is 5.51. The number of carbonyl (C=O) groups excluding carboxylic acids is 1. The molecule has 0 bridgehead atoms. The largest absolute Gasteiger partial charge is 0.444 e. The van der Waals surface area contributed by atoms with E-state index in [1.54, 1.807) is 33.0 Å². The van der Waals surface area contributed by atoms with Gasteiger partial charge in [-0.15, -0.1) is 0 Å². The number of nitrogens with zero attached hydrogens (tertiary/aromatic N) is 1. The number of piperidine rings is 1. The van der Waals surface area contributed by atoms with Crippen LogP contribution in [0.2, 0.25) is 0 Å². The molecule has 1 saturated carbocycles. The molecule has 8 nitrogen and oxygen atoms in total. The Balaban J connectivity index is 1.94. The van der Waals surface area contributed by atoms with E-state index in [1.807, 2.05) is 20.8 Å². The van der Waals surface area contributed by atoms with Gasteiger partial charge in [-0.1, -0.05) is 0 Å². The molecule has 0 aromatic heterocycles. The van der Waals surface area contributed by atoms with Crippen LogP contribution in [0.1, 0.15) is 53.9 Å². The summed E-state index contributed by atoms with van der Waals surface area (Å²) in [7, 11) is 3.10. The van der Waals surface area contributed by atoms with Gasteiger partial charge in [0.2, 0.25) is 11.6 Å². The number of likely N-dealkylation sites (tertiary alicyclic amines) is 1. The molecule has 162 valence electrons. The molecule has 5 unspecified atom stereocenters. The van der Waals surface area contributed by atoms with Crippen molar-refractivity contribution >= 4 is 6.09 Å². The third-order valence-electron chi connectivity index (χ3n) is 6.51. The molecule has 1 amide bonds. The first-order valence-corrected chi connectivity index (χ1v) is 10.0. The number of ether oxygens (including phenoxy) is 5. The molecule has 0 aromatic rings. The lowest BCUT2D eigenvalue weighted by molar-refractivity contribution is -0.458. The van der Waals surface area contributed by atoms with E-state index in [-0.39, 0.29) is 30.3 Å². The van der Waals surface area contributed by atoms with Crippen molar-refractivity contribution in [2.24, 2.45) is 5.92 Å². The van der Waals surface area contributed by atoms with E-state index in [0.717, 1.165) is 12.8 Å². The molecule has 1 aliphatic carbocycles. The predicted molar refractivity (Wildman–Crippen MR) is 101 cm³/mol. The van der Waals surface area contributed by atoms with Gasteiger partial charge in [0, 0.05) is 26.7 Å². The lowest BCUT2D eigenvalue weighted by Crippen LogP contribution is -2.73. The number of fused-ring (bicyclic) bond motifs is 1. The van der Waals surface area contributed by atoms with Crippen molar-refractivity contribution in [3.05, 3.63) is 0 Å². The Morgan fingerprint density at radius 2 is 1.71 bits per heavy atom. The zero-order chi connectivity index (χ0) is 21.0. The van der Waals surface area contributed by atoms with Crippen molar-refractivity contribution in [2.45, 2.75) is 88.8 Å². The second kappa shape index (κ2) is 7.09. The highest BCUT2D eigenvalue weighted by molar-refractivity contribution is 5.70. The van der Waals surface area contributed by atoms with Crippen LogP contribution in [0.5, 0.6) is 0 Å². The van der Waals surface area contributed by atoms with Gasteiger partial charge >= 0.3 is 6.09 Å². The molecular formula is C20H35NO7. The first kappa shape index (κ1) is 21.8. The number of hydrogen-bond donors (Lipinski definition) is 1. The lowest BCUT2D eigenvalue weighted by atomic mass is 9.79. The van der Waals surface area contributed by atoms with Crippen LogP contribution in [0, 0.1) is 5.92 Å². The Morgan fingerprint density at radius 3 is 2.18 bits per heavy atom. The van der Waals surface area contributed by atoms with Crippen molar-refractivity contribution in [1.82, 2.24) is 4.90 Å². The number of aliphatic hydroxyl groups excluding tert-OH is 1. The number of methoxy groups -OCH3 is 2. The standard InChI is InChI=1S/C20H35NO7/c1-17(2,3)28-16(23)21-12-14-15(13(8-11-22)20(21)9-10-20)27-19(5,25-7)18(4,24-6)26-14/h13-15,22H,8-12H2,1-7H3. The Bertz CT molecular complexity index is 602. The summed E-state index contributed by atoms with van der Waals surface area (Å²) in [5.41, 5.74) is -0.957. The van der Waals surface area contributed by atoms with Crippen LogP contribution in [0.25, 0.3) is 0 Å². The smallest absolute Gasteiger partial charge is 0.410 e. The second-order valence-corrected chi connectivity index (χ2v) is 9.35.